The number of Topliss-reactive ketones (excluding diaryl/α,β-unsaturated/α-hetero) is 1. The zero-order valence-electron chi connectivity index (χ0n) is 14.2. The number of hydrogen-bond acceptors (Lipinski definition) is 2. The molecule has 0 aliphatic heterocycles. The minimum absolute atomic E-state index is 0.0632. The van der Waals surface area contributed by atoms with Gasteiger partial charge in [0.25, 0.3) is 0 Å². The molecule has 0 atom stereocenters. The van der Waals surface area contributed by atoms with Crippen molar-refractivity contribution >= 4 is 5.78 Å². The highest BCUT2D eigenvalue weighted by atomic mass is 16.5. The SMILES string of the molecule is CCCCCCOC(C)(C)C(=O)c1ccc(C(C)C)cc1. The summed E-state index contributed by atoms with van der Waals surface area (Å²) in [5, 5.41) is 0. The van der Waals surface area contributed by atoms with Gasteiger partial charge in [0, 0.05) is 12.2 Å². The van der Waals surface area contributed by atoms with Crippen LogP contribution >= 0.6 is 0 Å². The van der Waals surface area contributed by atoms with Crippen LogP contribution in [0.2, 0.25) is 0 Å². The lowest BCUT2D eigenvalue weighted by molar-refractivity contribution is -0.00586. The maximum absolute atomic E-state index is 12.5. The number of benzene rings is 1. The summed E-state index contributed by atoms with van der Waals surface area (Å²) < 4.78 is 5.82. The van der Waals surface area contributed by atoms with Gasteiger partial charge in [-0.3, -0.25) is 4.79 Å². The molecule has 0 spiro atoms. The highest BCUT2D eigenvalue weighted by Crippen LogP contribution is 2.21. The molecular weight excluding hydrogens is 260 g/mol. The van der Waals surface area contributed by atoms with Gasteiger partial charge < -0.3 is 4.74 Å². The molecule has 0 fully saturated rings. The summed E-state index contributed by atoms with van der Waals surface area (Å²) in [6, 6.07) is 7.91. The van der Waals surface area contributed by atoms with E-state index in [-0.39, 0.29) is 5.78 Å². The van der Waals surface area contributed by atoms with Crippen molar-refractivity contribution in [3.8, 4) is 0 Å². The monoisotopic (exact) mass is 290 g/mol. The first-order valence-corrected chi connectivity index (χ1v) is 8.17. The number of carbonyl (C=O) groups is 1. The molecule has 0 unspecified atom stereocenters. The topological polar surface area (TPSA) is 26.3 Å². The third-order valence-corrected chi connectivity index (χ3v) is 3.85. The lowest BCUT2D eigenvalue weighted by Crippen LogP contribution is -2.35. The highest BCUT2D eigenvalue weighted by molar-refractivity contribution is 6.02. The zero-order valence-corrected chi connectivity index (χ0v) is 14.2. The van der Waals surface area contributed by atoms with Gasteiger partial charge >= 0.3 is 0 Å². The Morgan fingerprint density at radius 1 is 1.10 bits per heavy atom. The summed E-state index contributed by atoms with van der Waals surface area (Å²) in [4.78, 5) is 12.5. The van der Waals surface area contributed by atoms with E-state index in [2.05, 4.69) is 20.8 Å². The number of unbranched alkanes of at least 4 members (excludes halogenated alkanes) is 3. The van der Waals surface area contributed by atoms with Gasteiger partial charge in [0.2, 0.25) is 0 Å². The van der Waals surface area contributed by atoms with Crippen molar-refractivity contribution in [3.63, 3.8) is 0 Å². The Kier molecular flexibility index (Phi) is 7.10. The molecular formula is C19H30O2. The lowest BCUT2D eigenvalue weighted by atomic mass is 9.94. The predicted octanol–water partition coefficient (Wildman–Crippen LogP) is 5.37. The van der Waals surface area contributed by atoms with E-state index in [4.69, 9.17) is 4.74 Å². The molecule has 0 saturated carbocycles. The fourth-order valence-electron chi connectivity index (χ4n) is 2.29. The van der Waals surface area contributed by atoms with Gasteiger partial charge in [-0.2, -0.15) is 0 Å². The predicted molar refractivity (Wildman–Crippen MR) is 89.0 cm³/mol. The smallest absolute Gasteiger partial charge is 0.194 e. The molecule has 0 amide bonds. The number of ether oxygens (including phenoxy) is 1. The molecule has 0 saturated heterocycles. The van der Waals surface area contributed by atoms with Crippen molar-refractivity contribution < 1.29 is 9.53 Å². The molecule has 0 aliphatic rings. The number of hydrogen-bond donors (Lipinski definition) is 0. The third kappa shape index (κ3) is 5.62. The minimum Gasteiger partial charge on any atom is -0.367 e. The summed E-state index contributed by atoms with van der Waals surface area (Å²) in [6.45, 7) is 10.9. The summed E-state index contributed by atoms with van der Waals surface area (Å²) in [5.74, 6) is 0.547. The molecule has 0 heterocycles. The summed E-state index contributed by atoms with van der Waals surface area (Å²) in [7, 11) is 0. The van der Waals surface area contributed by atoms with Gasteiger partial charge in [-0.25, -0.2) is 0 Å². The van der Waals surface area contributed by atoms with Gasteiger partial charge in [-0.05, 0) is 31.7 Å². The van der Waals surface area contributed by atoms with Crippen molar-refractivity contribution in [1.82, 2.24) is 0 Å². The molecule has 21 heavy (non-hydrogen) atoms. The van der Waals surface area contributed by atoms with Crippen LogP contribution < -0.4 is 0 Å². The maximum atomic E-state index is 12.5. The van der Waals surface area contributed by atoms with E-state index in [1.54, 1.807) is 0 Å². The fraction of sp³-hybridized carbons (Fsp3) is 0.632. The van der Waals surface area contributed by atoms with E-state index in [0.717, 1.165) is 12.0 Å². The Balaban J connectivity index is 2.59. The molecule has 2 nitrogen and oxygen atoms in total. The molecule has 0 N–H and O–H groups in total. The quantitative estimate of drug-likeness (QED) is 0.451. The average molecular weight is 290 g/mol. The van der Waals surface area contributed by atoms with Crippen molar-refractivity contribution in [1.29, 1.82) is 0 Å². The van der Waals surface area contributed by atoms with Crippen molar-refractivity contribution in [2.45, 2.75) is 71.8 Å². The van der Waals surface area contributed by atoms with E-state index in [9.17, 15) is 4.79 Å². The molecule has 1 aromatic rings. The minimum atomic E-state index is -0.744. The second kappa shape index (κ2) is 8.33. The van der Waals surface area contributed by atoms with Gasteiger partial charge in [-0.15, -0.1) is 0 Å². The van der Waals surface area contributed by atoms with E-state index >= 15 is 0 Å². The van der Waals surface area contributed by atoms with Crippen LogP contribution in [0.5, 0.6) is 0 Å². The second-order valence-corrected chi connectivity index (χ2v) is 6.53. The summed E-state index contributed by atoms with van der Waals surface area (Å²) in [5.41, 5.74) is 1.24. The van der Waals surface area contributed by atoms with Crippen LogP contribution in [-0.4, -0.2) is 18.0 Å². The fourth-order valence-corrected chi connectivity index (χ4v) is 2.29. The van der Waals surface area contributed by atoms with Crippen LogP contribution in [0, 0.1) is 0 Å². The number of rotatable bonds is 9. The number of ketones is 1. The molecule has 2 heteroatoms. The van der Waals surface area contributed by atoms with Gasteiger partial charge in [0.1, 0.15) is 5.60 Å². The Morgan fingerprint density at radius 3 is 2.24 bits per heavy atom. The van der Waals surface area contributed by atoms with E-state index in [1.165, 1.54) is 24.8 Å². The second-order valence-electron chi connectivity index (χ2n) is 6.53. The van der Waals surface area contributed by atoms with Crippen molar-refractivity contribution in [3.05, 3.63) is 35.4 Å². The Labute approximate surface area is 129 Å². The van der Waals surface area contributed by atoms with Gasteiger partial charge in [0.05, 0.1) is 0 Å². The first kappa shape index (κ1) is 17.9. The molecule has 0 radical (unpaired) electrons. The first-order valence-electron chi connectivity index (χ1n) is 8.17. The maximum Gasteiger partial charge on any atom is 0.194 e. The van der Waals surface area contributed by atoms with Crippen LogP contribution in [-0.2, 0) is 4.74 Å². The van der Waals surface area contributed by atoms with Crippen molar-refractivity contribution in [2.24, 2.45) is 0 Å². The van der Waals surface area contributed by atoms with Gasteiger partial charge in [-0.1, -0.05) is 64.3 Å². The van der Waals surface area contributed by atoms with E-state index in [1.807, 2.05) is 38.1 Å². The molecule has 1 aromatic carbocycles. The molecule has 0 aromatic heterocycles. The highest BCUT2D eigenvalue weighted by Gasteiger charge is 2.29. The largest absolute Gasteiger partial charge is 0.367 e. The molecule has 0 bridgehead atoms. The van der Waals surface area contributed by atoms with Crippen LogP contribution in [0.1, 0.15) is 82.1 Å². The average Bonchev–Trinajstić information content (AvgIpc) is 2.46. The lowest BCUT2D eigenvalue weighted by Gasteiger charge is -2.24. The zero-order chi connectivity index (χ0) is 15.9. The Bertz CT molecular complexity index is 429. The Morgan fingerprint density at radius 2 is 1.71 bits per heavy atom. The van der Waals surface area contributed by atoms with Crippen LogP contribution in [0.25, 0.3) is 0 Å². The van der Waals surface area contributed by atoms with E-state index < -0.39 is 5.60 Å². The van der Waals surface area contributed by atoms with Gasteiger partial charge in [0.15, 0.2) is 5.78 Å². The summed E-state index contributed by atoms with van der Waals surface area (Å²) >= 11 is 0. The summed E-state index contributed by atoms with van der Waals surface area (Å²) in [6.07, 6.45) is 4.64. The standard InChI is InChI=1S/C19H30O2/c1-6-7-8-9-14-21-19(4,5)18(20)17-12-10-16(11-13-17)15(2)3/h10-13,15H,6-9,14H2,1-5H3. The number of carbonyl (C=O) groups excluding carboxylic acids is 1. The van der Waals surface area contributed by atoms with Crippen LogP contribution in [0.15, 0.2) is 24.3 Å². The molecule has 0 aliphatic carbocycles. The molecule has 118 valence electrons. The Hall–Kier alpha value is -1.15. The van der Waals surface area contributed by atoms with E-state index in [0.29, 0.717) is 12.5 Å². The normalized spacial score (nSPS) is 11.9. The third-order valence-electron chi connectivity index (χ3n) is 3.85. The van der Waals surface area contributed by atoms with Crippen LogP contribution in [0.3, 0.4) is 0 Å². The van der Waals surface area contributed by atoms with Crippen LogP contribution in [0.4, 0.5) is 0 Å². The molecule has 1 rings (SSSR count). The first-order chi connectivity index (χ1) is 9.88. The van der Waals surface area contributed by atoms with Crippen molar-refractivity contribution in [2.75, 3.05) is 6.61 Å².